The van der Waals surface area contributed by atoms with Gasteiger partial charge in [-0.3, -0.25) is 4.79 Å². The molecule has 1 amide bonds. The van der Waals surface area contributed by atoms with Crippen molar-refractivity contribution >= 4 is 23.8 Å². The molecule has 0 spiro atoms. The number of hydrogen-bond donors (Lipinski definition) is 6. The van der Waals surface area contributed by atoms with Gasteiger partial charge < -0.3 is 31.7 Å². The van der Waals surface area contributed by atoms with Crippen LogP contribution in [0.4, 0.5) is 0 Å². The molecule has 10 heteroatoms. The van der Waals surface area contributed by atoms with E-state index in [4.69, 9.17) is 21.1 Å². The van der Waals surface area contributed by atoms with Gasteiger partial charge in [-0.15, -0.1) is 0 Å². The molecule has 1 aliphatic heterocycles. The summed E-state index contributed by atoms with van der Waals surface area (Å²) in [5.41, 5.74) is 5.24. The van der Waals surface area contributed by atoms with Crippen LogP contribution in [-0.4, -0.2) is 57.8 Å². The average Bonchev–Trinajstić information content (AvgIpc) is 2.49. The predicted molar refractivity (Wildman–Crippen MR) is 79.6 cm³/mol. The number of primary amides is 1. The maximum atomic E-state index is 11.1. The fraction of sp³-hybridized carbons (Fsp3) is 0.429. The molecule has 1 rings (SSSR count). The normalized spacial score (nSPS) is 19.9. The highest BCUT2D eigenvalue weighted by atomic mass is 16.4. The first-order valence-electron chi connectivity index (χ1n) is 7.18. The Labute approximate surface area is 137 Å². The van der Waals surface area contributed by atoms with Gasteiger partial charge in [0, 0.05) is 19.3 Å². The van der Waals surface area contributed by atoms with Crippen molar-refractivity contribution in [2.75, 3.05) is 6.54 Å². The molecule has 0 aromatic carbocycles. The van der Waals surface area contributed by atoms with E-state index in [2.05, 4.69) is 5.32 Å². The van der Waals surface area contributed by atoms with E-state index in [9.17, 15) is 19.2 Å². The van der Waals surface area contributed by atoms with Gasteiger partial charge in [0.05, 0.1) is 6.54 Å². The Hall–Kier alpha value is -2.88. The van der Waals surface area contributed by atoms with Gasteiger partial charge in [0.15, 0.2) is 6.04 Å². The van der Waals surface area contributed by atoms with Crippen LogP contribution in [0.2, 0.25) is 0 Å². The highest BCUT2D eigenvalue weighted by molar-refractivity contribution is 5.89. The molecule has 0 saturated carbocycles. The minimum Gasteiger partial charge on any atom is -0.480 e. The molecule has 0 aromatic heterocycles. The molecule has 0 radical (unpaired) electrons. The highest BCUT2D eigenvalue weighted by Crippen LogP contribution is 2.16. The Morgan fingerprint density at radius 2 is 2.00 bits per heavy atom. The first-order valence-corrected chi connectivity index (χ1v) is 7.18. The first-order chi connectivity index (χ1) is 11.2. The number of aliphatic carboxylic acids is 3. The van der Waals surface area contributed by atoms with Crippen molar-refractivity contribution in [3.05, 3.63) is 23.4 Å². The van der Waals surface area contributed by atoms with Crippen LogP contribution in [-0.2, 0) is 19.2 Å². The lowest BCUT2D eigenvalue weighted by molar-refractivity contribution is -0.670. The second kappa shape index (κ2) is 8.67. The lowest BCUT2D eigenvalue weighted by atomic mass is 10.00. The van der Waals surface area contributed by atoms with E-state index in [1.807, 2.05) is 0 Å². The van der Waals surface area contributed by atoms with Crippen molar-refractivity contribution < 1.29 is 39.8 Å². The number of nitrogens with one attached hydrogen (secondary N) is 1. The molecule has 0 aliphatic carbocycles. The van der Waals surface area contributed by atoms with E-state index in [1.165, 1.54) is 11.4 Å². The number of allylic oxidation sites excluding steroid dienone is 1. The molecule has 0 saturated heterocycles. The fourth-order valence-electron chi connectivity index (χ4n) is 2.20. The monoisotopic (exact) mass is 342 g/mol. The van der Waals surface area contributed by atoms with E-state index >= 15 is 0 Å². The van der Waals surface area contributed by atoms with E-state index in [0.717, 1.165) is 0 Å². The van der Waals surface area contributed by atoms with Crippen molar-refractivity contribution in [2.45, 2.75) is 31.3 Å². The quantitative estimate of drug-likeness (QED) is 0.268. The summed E-state index contributed by atoms with van der Waals surface area (Å²) >= 11 is 0. The zero-order chi connectivity index (χ0) is 18.3. The second-order valence-electron chi connectivity index (χ2n) is 5.30. The summed E-state index contributed by atoms with van der Waals surface area (Å²) in [5.74, 6) is -4.14. The lowest BCUT2D eigenvalue weighted by Gasteiger charge is -2.22. The van der Waals surface area contributed by atoms with Gasteiger partial charge in [0.2, 0.25) is 5.91 Å². The number of carbonyl (C=O) groups excluding carboxylic acids is 1. The summed E-state index contributed by atoms with van der Waals surface area (Å²) in [5, 5.41) is 30.9. The maximum Gasteiger partial charge on any atom is 0.362 e. The Morgan fingerprint density at radius 3 is 2.50 bits per heavy atom. The topological polar surface area (TPSA) is 184 Å². The summed E-state index contributed by atoms with van der Waals surface area (Å²) in [6.07, 6.45) is 2.98. The van der Waals surface area contributed by atoms with Crippen LogP contribution in [0, 0.1) is 0 Å². The van der Waals surface area contributed by atoms with Crippen molar-refractivity contribution in [3.8, 4) is 0 Å². The molecule has 1 heterocycles. The Morgan fingerprint density at radius 1 is 1.33 bits per heavy atom. The van der Waals surface area contributed by atoms with Gasteiger partial charge >= 0.3 is 17.9 Å². The van der Waals surface area contributed by atoms with E-state index in [-0.39, 0.29) is 31.5 Å². The molecule has 0 aromatic rings. The fourth-order valence-corrected chi connectivity index (χ4v) is 2.20. The summed E-state index contributed by atoms with van der Waals surface area (Å²) in [7, 11) is 0. The Bertz CT molecular complexity index is 597. The zero-order valence-electron chi connectivity index (χ0n) is 12.8. The SMILES string of the molecule is NC(=O)CCC([NH2+]CC=C1C=C(C(=O)O)NC(C(=O)O)C1)C(=O)O. The average molecular weight is 342 g/mol. The number of carbonyl (C=O) groups is 4. The Kier molecular flexibility index (Phi) is 6.93. The minimum absolute atomic E-state index is 0.0574. The molecule has 10 nitrogen and oxygen atoms in total. The molecule has 0 fully saturated rings. The van der Waals surface area contributed by atoms with Crippen molar-refractivity contribution in [1.29, 1.82) is 0 Å². The number of carboxylic acid groups (broad SMARTS) is 3. The second-order valence-corrected chi connectivity index (χ2v) is 5.30. The summed E-state index contributed by atoms with van der Waals surface area (Å²) in [6, 6.07) is -1.92. The van der Waals surface area contributed by atoms with E-state index in [0.29, 0.717) is 5.57 Å². The van der Waals surface area contributed by atoms with Crippen LogP contribution in [0.1, 0.15) is 19.3 Å². The smallest absolute Gasteiger partial charge is 0.362 e. The maximum absolute atomic E-state index is 11.1. The van der Waals surface area contributed by atoms with E-state index in [1.54, 1.807) is 6.08 Å². The largest absolute Gasteiger partial charge is 0.480 e. The van der Waals surface area contributed by atoms with Gasteiger partial charge in [0.25, 0.3) is 0 Å². The summed E-state index contributed by atoms with van der Waals surface area (Å²) in [4.78, 5) is 43.9. The molecule has 0 bridgehead atoms. The number of carboxylic acids is 3. The van der Waals surface area contributed by atoms with Gasteiger partial charge in [-0.1, -0.05) is 0 Å². The van der Waals surface area contributed by atoms with Crippen molar-refractivity contribution in [2.24, 2.45) is 5.73 Å². The number of quaternary nitrogens is 1. The summed E-state index contributed by atoms with van der Waals surface area (Å²) in [6.45, 7) is 0.195. The van der Waals surface area contributed by atoms with Gasteiger partial charge in [-0.2, -0.15) is 0 Å². The highest BCUT2D eigenvalue weighted by Gasteiger charge is 2.26. The lowest BCUT2D eigenvalue weighted by Crippen LogP contribution is -2.91. The molecule has 1 aliphatic rings. The van der Waals surface area contributed by atoms with Crippen LogP contribution >= 0.6 is 0 Å². The van der Waals surface area contributed by atoms with Crippen molar-refractivity contribution in [1.82, 2.24) is 5.32 Å². The molecular formula is C14H20N3O7+. The van der Waals surface area contributed by atoms with Gasteiger partial charge in [-0.05, 0) is 17.7 Å². The van der Waals surface area contributed by atoms with E-state index < -0.39 is 35.9 Å². The minimum atomic E-state index is -1.28. The number of nitrogens with two attached hydrogens (primary N) is 2. The number of amides is 1. The van der Waals surface area contributed by atoms with Crippen LogP contribution in [0.5, 0.6) is 0 Å². The summed E-state index contributed by atoms with van der Waals surface area (Å²) < 4.78 is 0. The third-order valence-corrected chi connectivity index (χ3v) is 3.45. The van der Waals surface area contributed by atoms with Crippen LogP contribution < -0.4 is 16.4 Å². The third kappa shape index (κ3) is 6.08. The van der Waals surface area contributed by atoms with Crippen LogP contribution in [0.25, 0.3) is 0 Å². The molecular weight excluding hydrogens is 322 g/mol. The van der Waals surface area contributed by atoms with Gasteiger partial charge in [0.1, 0.15) is 11.7 Å². The van der Waals surface area contributed by atoms with Crippen LogP contribution in [0.3, 0.4) is 0 Å². The predicted octanol–water partition coefficient (Wildman–Crippen LogP) is -2.39. The molecule has 2 atom stereocenters. The van der Waals surface area contributed by atoms with Crippen LogP contribution in [0.15, 0.2) is 23.4 Å². The van der Waals surface area contributed by atoms with Gasteiger partial charge in [-0.25, -0.2) is 14.4 Å². The Balaban J connectivity index is 2.74. The first kappa shape index (κ1) is 19.2. The third-order valence-electron chi connectivity index (χ3n) is 3.45. The number of hydrogen-bond acceptors (Lipinski definition) is 5. The molecule has 24 heavy (non-hydrogen) atoms. The van der Waals surface area contributed by atoms with Crippen molar-refractivity contribution in [3.63, 3.8) is 0 Å². The standard InChI is InChI=1S/C14H19N3O7/c15-11(18)2-1-8(12(19)20)16-4-3-7-5-9(13(21)22)17-10(6-7)14(23)24/h3,5,8,10,16-17H,1-2,4,6H2,(H2,15,18)(H,19,20)(H,21,22)(H,23,24)/p+1. The molecule has 8 N–H and O–H groups in total. The molecule has 2 unspecified atom stereocenters. The number of rotatable bonds is 9. The molecule has 132 valence electrons. The zero-order valence-corrected chi connectivity index (χ0v) is 12.8.